The fraction of sp³-hybridized carbons (Fsp3) is 0.368. The first-order valence-electron chi connectivity index (χ1n) is 8.70. The molecular weight excluding hydrogens is 332 g/mol. The molecule has 0 aliphatic carbocycles. The van der Waals surface area contributed by atoms with E-state index in [-0.39, 0.29) is 31.1 Å². The van der Waals surface area contributed by atoms with Crippen LogP contribution in [-0.2, 0) is 11.3 Å². The third kappa shape index (κ3) is 4.64. The summed E-state index contributed by atoms with van der Waals surface area (Å²) in [6, 6.07) is 13.1. The van der Waals surface area contributed by atoms with Gasteiger partial charge in [-0.3, -0.25) is 4.79 Å². The summed E-state index contributed by atoms with van der Waals surface area (Å²) in [6.45, 7) is 2.50. The van der Waals surface area contributed by atoms with Gasteiger partial charge in [-0.25, -0.2) is 4.79 Å². The topological polar surface area (TPSA) is 77.8 Å². The van der Waals surface area contributed by atoms with Crippen LogP contribution in [0.3, 0.4) is 0 Å². The van der Waals surface area contributed by atoms with Crippen LogP contribution in [0.15, 0.2) is 53.1 Å². The van der Waals surface area contributed by atoms with E-state index in [1.807, 2.05) is 35.2 Å². The van der Waals surface area contributed by atoms with Gasteiger partial charge in [-0.1, -0.05) is 30.3 Å². The van der Waals surface area contributed by atoms with Gasteiger partial charge in [0.15, 0.2) is 0 Å². The van der Waals surface area contributed by atoms with Crippen molar-refractivity contribution in [1.29, 1.82) is 0 Å². The van der Waals surface area contributed by atoms with Gasteiger partial charge < -0.3 is 24.9 Å². The predicted octanol–water partition coefficient (Wildman–Crippen LogP) is 1.59. The van der Waals surface area contributed by atoms with Crippen LogP contribution in [0.2, 0.25) is 0 Å². The Morgan fingerprint density at radius 2 is 1.92 bits per heavy atom. The van der Waals surface area contributed by atoms with Crippen LogP contribution in [0.5, 0.6) is 0 Å². The summed E-state index contributed by atoms with van der Waals surface area (Å²) in [4.78, 5) is 28.6. The van der Waals surface area contributed by atoms with Crippen molar-refractivity contribution in [2.75, 3.05) is 33.2 Å². The van der Waals surface area contributed by atoms with Gasteiger partial charge in [0.25, 0.3) is 0 Å². The normalized spacial score (nSPS) is 17.7. The van der Waals surface area contributed by atoms with Crippen molar-refractivity contribution in [1.82, 2.24) is 20.4 Å². The summed E-state index contributed by atoms with van der Waals surface area (Å²) in [5.41, 5.74) is 1.11. The summed E-state index contributed by atoms with van der Waals surface area (Å²) in [6.07, 6.45) is 1.55. The molecule has 3 rings (SSSR count). The molecule has 1 aromatic heterocycles. The zero-order chi connectivity index (χ0) is 18.4. The molecule has 2 N–H and O–H groups in total. The van der Waals surface area contributed by atoms with Gasteiger partial charge >= 0.3 is 6.03 Å². The van der Waals surface area contributed by atoms with Crippen molar-refractivity contribution in [3.8, 4) is 0 Å². The summed E-state index contributed by atoms with van der Waals surface area (Å²) in [5.74, 6) is 0.579. The lowest BCUT2D eigenvalue weighted by Gasteiger charge is -2.40. The average Bonchev–Trinajstić information content (AvgIpc) is 3.18. The second kappa shape index (κ2) is 8.53. The lowest BCUT2D eigenvalue weighted by atomic mass is 10.0. The summed E-state index contributed by atoms with van der Waals surface area (Å²) < 4.78 is 5.16. The Labute approximate surface area is 153 Å². The van der Waals surface area contributed by atoms with E-state index in [9.17, 15) is 9.59 Å². The van der Waals surface area contributed by atoms with Gasteiger partial charge in [0, 0.05) is 19.6 Å². The Balaban J connectivity index is 1.54. The highest BCUT2D eigenvalue weighted by Crippen LogP contribution is 2.24. The third-order valence-electron chi connectivity index (χ3n) is 4.49. The van der Waals surface area contributed by atoms with Crippen LogP contribution >= 0.6 is 0 Å². The van der Waals surface area contributed by atoms with Crippen molar-refractivity contribution in [2.24, 2.45) is 0 Å². The molecule has 26 heavy (non-hydrogen) atoms. The number of nitrogens with one attached hydrogen (secondary N) is 2. The van der Waals surface area contributed by atoms with E-state index >= 15 is 0 Å². The predicted molar refractivity (Wildman–Crippen MR) is 97.3 cm³/mol. The molecule has 1 fully saturated rings. The first-order chi connectivity index (χ1) is 12.6. The van der Waals surface area contributed by atoms with E-state index in [1.54, 1.807) is 18.4 Å². The Kier molecular flexibility index (Phi) is 5.91. The maximum absolute atomic E-state index is 12.7. The van der Waals surface area contributed by atoms with Crippen LogP contribution in [0.25, 0.3) is 0 Å². The lowest BCUT2D eigenvalue weighted by Crippen LogP contribution is -2.52. The first-order valence-corrected chi connectivity index (χ1v) is 8.70. The zero-order valence-electron chi connectivity index (χ0n) is 14.9. The maximum Gasteiger partial charge on any atom is 0.315 e. The van der Waals surface area contributed by atoms with Gasteiger partial charge in [0.1, 0.15) is 5.76 Å². The summed E-state index contributed by atoms with van der Waals surface area (Å²) in [7, 11) is 2.05. The molecule has 1 saturated heterocycles. The lowest BCUT2D eigenvalue weighted by molar-refractivity contribution is -0.135. The monoisotopic (exact) mass is 356 g/mol. The summed E-state index contributed by atoms with van der Waals surface area (Å²) in [5, 5.41) is 5.30. The molecule has 1 aromatic carbocycles. The number of furan rings is 1. The van der Waals surface area contributed by atoms with Crippen molar-refractivity contribution < 1.29 is 14.0 Å². The van der Waals surface area contributed by atoms with E-state index in [0.29, 0.717) is 12.3 Å². The number of piperazine rings is 1. The van der Waals surface area contributed by atoms with E-state index in [4.69, 9.17) is 4.42 Å². The minimum atomic E-state index is -0.389. The van der Waals surface area contributed by atoms with Crippen LogP contribution in [0.1, 0.15) is 17.4 Å². The number of urea groups is 1. The fourth-order valence-corrected chi connectivity index (χ4v) is 3.08. The highest BCUT2D eigenvalue weighted by molar-refractivity contribution is 5.84. The van der Waals surface area contributed by atoms with Crippen molar-refractivity contribution in [3.63, 3.8) is 0 Å². The molecule has 0 saturated carbocycles. The Bertz CT molecular complexity index is 718. The van der Waals surface area contributed by atoms with Crippen molar-refractivity contribution in [3.05, 3.63) is 60.1 Å². The number of rotatable bonds is 5. The fourth-order valence-electron chi connectivity index (χ4n) is 3.08. The number of hydrogen-bond donors (Lipinski definition) is 2. The van der Waals surface area contributed by atoms with Crippen molar-refractivity contribution >= 4 is 11.9 Å². The number of carbonyl (C=O) groups is 2. The largest absolute Gasteiger partial charge is 0.467 e. The minimum Gasteiger partial charge on any atom is -0.467 e. The van der Waals surface area contributed by atoms with Crippen LogP contribution in [0, 0.1) is 0 Å². The maximum atomic E-state index is 12.7. The quantitative estimate of drug-likeness (QED) is 0.853. The van der Waals surface area contributed by atoms with E-state index in [0.717, 1.165) is 18.7 Å². The van der Waals surface area contributed by atoms with Gasteiger partial charge in [-0.15, -0.1) is 0 Å². The van der Waals surface area contributed by atoms with Gasteiger partial charge in [0.2, 0.25) is 5.91 Å². The average molecular weight is 356 g/mol. The van der Waals surface area contributed by atoms with Crippen molar-refractivity contribution in [2.45, 2.75) is 12.6 Å². The highest BCUT2D eigenvalue weighted by atomic mass is 16.3. The molecule has 1 aliphatic heterocycles. The Hall–Kier alpha value is -2.80. The van der Waals surface area contributed by atoms with Gasteiger partial charge in [-0.05, 0) is 24.7 Å². The molecule has 2 heterocycles. The number of amides is 3. The van der Waals surface area contributed by atoms with Crippen LogP contribution < -0.4 is 10.6 Å². The standard InChI is InChI=1S/C19H24N4O3/c1-22-9-10-23(17(14-22)15-6-3-2-4-7-15)18(24)13-21-19(25)20-12-16-8-5-11-26-16/h2-8,11,17H,9-10,12-14H2,1H3,(H2,20,21,25)/t17-/m1/s1. The number of benzene rings is 1. The number of nitrogens with zero attached hydrogens (tertiary/aromatic N) is 2. The molecule has 0 spiro atoms. The third-order valence-corrected chi connectivity index (χ3v) is 4.49. The number of likely N-dealkylation sites (N-methyl/N-ethyl adjacent to an activating group) is 1. The second-order valence-corrected chi connectivity index (χ2v) is 6.39. The van der Waals surface area contributed by atoms with Gasteiger partial charge in [0.05, 0.1) is 25.4 Å². The molecule has 0 radical (unpaired) electrons. The minimum absolute atomic E-state index is 0.00423. The molecule has 7 heteroatoms. The SMILES string of the molecule is CN1CCN(C(=O)CNC(=O)NCc2ccco2)[C@@H](c2ccccc2)C1. The first kappa shape index (κ1) is 18.0. The van der Waals surface area contributed by atoms with E-state index in [1.165, 1.54) is 0 Å². The zero-order valence-corrected chi connectivity index (χ0v) is 14.9. The van der Waals surface area contributed by atoms with Gasteiger partial charge in [-0.2, -0.15) is 0 Å². The van der Waals surface area contributed by atoms with E-state index in [2.05, 4.69) is 22.6 Å². The second-order valence-electron chi connectivity index (χ2n) is 6.39. The Morgan fingerprint density at radius 1 is 1.12 bits per heavy atom. The molecule has 138 valence electrons. The molecule has 3 amide bonds. The number of carbonyl (C=O) groups excluding carboxylic acids is 2. The smallest absolute Gasteiger partial charge is 0.315 e. The molecule has 1 atom stereocenters. The molecule has 1 aliphatic rings. The summed E-state index contributed by atoms with van der Waals surface area (Å²) >= 11 is 0. The molecule has 0 unspecified atom stereocenters. The highest BCUT2D eigenvalue weighted by Gasteiger charge is 2.30. The Morgan fingerprint density at radius 3 is 2.65 bits per heavy atom. The van der Waals surface area contributed by atoms with E-state index < -0.39 is 0 Å². The van der Waals surface area contributed by atoms with Crippen LogP contribution in [0.4, 0.5) is 4.79 Å². The van der Waals surface area contributed by atoms with Crippen LogP contribution in [-0.4, -0.2) is 55.0 Å². The molecule has 7 nitrogen and oxygen atoms in total. The number of hydrogen-bond acceptors (Lipinski definition) is 4. The molecule has 2 aromatic rings. The molecular formula is C19H24N4O3. The molecule has 0 bridgehead atoms.